The Morgan fingerprint density at radius 3 is 1.39 bits per heavy atom. The maximum absolute atomic E-state index is 10.8. The van der Waals surface area contributed by atoms with Gasteiger partial charge in [0.15, 0.2) is 0 Å². The molecular weight excluding hydrogens is 782 g/mol. The summed E-state index contributed by atoms with van der Waals surface area (Å²) >= 11 is 0. The van der Waals surface area contributed by atoms with Crippen LogP contribution in [0.25, 0.3) is 21.5 Å². The van der Waals surface area contributed by atoms with E-state index in [1.54, 1.807) is 35.2 Å². The predicted molar refractivity (Wildman–Crippen MR) is 208 cm³/mol. The summed E-state index contributed by atoms with van der Waals surface area (Å²) in [5, 5.41) is 105. The first-order valence-corrected chi connectivity index (χ1v) is 16.7. The molecule has 296 valence electrons. The maximum Gasteiger partial charge on any atom is 1.00 e. The van der Waals surface area contributed by atoms with Crippen LogP contribution in [0.3, 0.4) is 0 Å². The number of nitro benzene ring substituents is 2. The largest absolute Gasteiger partial charge is 1.00 e. The van der Waals surface area contributed by atoms with Gasteiger partial charge in [0.1, 0.15) is 45.7 Å². The van der Waals surface area contributed by atoms with Gasteiger partial charge in [0.05, 0.1) is 35.7 Å². The molecule has 0 saturated heterocycles. The summed E-state index contributed by atoms with van der Waals surface area (Å²) in [7, 11) is 0. The number of fused-ring (bicyclic) bond motifs is 2. The normalized spacial score (nSPS) is 10.9. The third-order valence-corrected chi connectivity index (χ3v) is 7.86. The number of non-ortho nitro benzene ring substituents is 2. The Balaban J connectivity index is 0.000000318. The van der Waals surface area contributed by atoms with Gasteiger partial charge >= 0.3 is 1.43 Å². The molecule has 0 aromatic heterocycles. The molecule has 6 aromatic rings. The fourth-order valence-corrected chi connectivity index (χ4v) is 5.08. The number of aliphatic hydroxyl groups excluding tert-OH is 3. The van der Waals surface area contributed by atoms with Crippen LogP contribution in [0.2, 0.25) is 0 Å². The monoisotopic (exact) mass is 820 g/mol. The molecule has 0 radical (unpaired) electrons. The van der Waals surface area contributed by atoms with Gasteiger partial charge in [0.2, 0.25) is 0 Å². The number of nitro groups is 2. The number of phenolic OH excluding ortho intramolecular Hbond substituents is 4. The molecule has 0 heterocycles. The zero-order chi connectivity index (χ0) is 40.6. The van der Waals surface area contributed by atoms with Crippen molar-refractivity contribution in [2.75, 3.05) is 39.5 Å². The van der Waals surface area contributed by atoms with Crippen molar-refractivity contribution in [2.24, 2.45) is 20.5 Å². The van der Waals surface area contributed by atoms with Crippen LogP contribution in [0.5, 0.6) is 23.0 Å². The van der Waals surface area contributed by atoms with Crippen LogP contribution < -0.4 is 0 Å². The third-order valence-electron chi connectivity index (χ3n) is 7.86. The van der Waals surface area contributed by atoms with Crippen LogP contribution in [-0.4, -0.2) is 89.9 Å². The molecule has 0 aliphatic rings. The second kappa shape index (κ2) is 22.1. The molecule has 57 heavy (non-hydrogen) atoms. The van der Waals surface area contributed by atoms with Crippen LogP contribution in [-0.2, 0) is 17.4 Å². The summed E-state index contributed by atoms with van der Waals surface area (Å²) in [5.41, 5.74) is 0.0673. The van der Waals surface area contributed by atoms with Crippen molar-refractivity contribution in [1.29, 1.82) is 0 Å². The van der Waals surface area contributed by atoms with E-state index < -0.39 is 9.85 Å². The minimum atomic E-state index is -0.614. The summed E-state index contributed by atoms with van der Waals surface area (Å²) in [5.74, 6) is -0.715. The van der Waals surface area contributed by atoms with E-state index in [1.165, 1.54) is 36.4 Å². The Labute approximate surface area is 336 Å². The number of hydrogen-bond donors (Lipinski definition) is 7. The number of aliphatic hydroxyl groups is 3. The molecule has 18 nitrogen and oxygen atoms in total. The van der Waals surface area contributed by atoms with Crippen molar-refractivity contribution >= 4 is 55.7 Å². The van der Waals surface area contributed by atoms with Crippen molar-refractivity contribution in [3.63, 3.8) is 0 Å². The SMILES string of the molecule is O=[N+]([O-])c1ccc(N=Nc2c(O)ccc3ccccc23)c(O)c1.O=[N+]([O-])c1ccc(O)c(N=Nc2c(O)ccc3ccccc23)c1.OCCN(CCO)CCO.[Cr].[H+]. The first-order chi connectivity index (χ1) is 27.0. The van der Waals surface area contributed by atoms with E-state index in [-0.39, 0.29) is 95.7 Å². The number of aromatic hydroxyl groups is 4. The summed E-state index contributed by atoms with van der Waals surface area (Å²) in [4.78, 5) is 22.0. The Bertz CT molecular complexity index is 2360. The molecule has 0 saturated carbocycles. The topological polar surface area (TPSA) is 281 Å². The first-order valence-electron chi connectivity index (χ1n) is 16.7. The molecule has 0 aliphatic carbocycles. The van der Waals surface area contributed by atoms with Gasteiger partial charge in [-0.15, -0.1) is 20.5 Å². The van der Waals surface area contributed by atoms with Gasteiger partial charge in [-0.2, -0.15) is 0 Å². The van der Waals surface area contributed by atoms with Crippen LogP contribution >= 0.6 is 0 Å². The molecule has 0 fully saturated rings. The van der Waals surface area contributed by atoms with E-state index in [1.807, 2.05) is 30.3 Å². The molecular formula is C38H38CrN7O11+. The van der Waals surface area contributed by atoms with Gasteiger partial charge in [-0.3, -0.25) is 25.1 Å². The maximum atomic E-state index is 10.8. The van der Waals surface area contributed by atoms with Crippen LogP contribution in [0.15, 0.2) is 130 Å². The van der Waals surface area contributed by atoms with Gasteiger partial charge in [0, 0.05) is 66.0 Å². The van der Waals surface area contributed by atoms with Gasteiger partial charge < -0.3 is 35.7 Å². The summed E-state index contributed by atoms with van der Waals surface area (Å²) in [6, 6.07) is 28.1. The molecule has 6 rings (SSSR count). The van der Waals surface area contributed by atoms with Crippen molar-refractivity contribution in [1.82, 2.24) is 4.90 Å². The van der Waals surface area contributed by atoms with Crippen LogP contribution in [0.4, 0.5) is 34.1 Å². The Morgan fingerprint density at radius 1 is 0.509 bits per heavy atom. The number of azo groups is 2. The van der Waals surface area contributed by atoms with Gasteiger partial charge in [-0.05, 0) is 35.0 Å². The average molecular weight is 821 g/mol. The molecule has 0 amide bonds. The van der Waals surface area contributed by atoms with Crippen molar-refractivity contribution < 1.29 is 64.4 Å². The van der Waals surface area contributed by atoms with Crippen molar-refractivity contribution in [3.05, 3.63) is 129 Å². The van der Waals surface area contributed by atoms with Gasteiger partial charge in [-0.1, -0.05) is 60.7 Å². The second-order valence-electron chi connectivity index (χ2n) is 11.6. The second-order valence-corrected chi connectivity index (χ2v) is 11.6. The number of phenols is 4. The molecule has 0 spiro atoms. The first kappa shape index (κ1) is 44.8. The Morgan fingerprint density at radius 2 is 0.930 bits per heavy atom. The molecule has 0 aliphatic heterocycles. The molecule has 7 N–H and O–H groups in total. The molecule has 0 bridgehead atoms. The smallest absolute Gasteiger partial charge is 0.506 e. The predicted octanol–water partition coefficient (Wildman–Crippen LogP) is 7.52. The zero-order valence-corrected chi connectivity index (χ0v) is 31.2. The molecule has 0 atom stereocenters. The van der Waals surface area contributed by atoms with E-state index in [2.05, 4.69) is 20.5 Å². The minimum Gasteiger partial charge on any atom is -0.506 e. The number of benzene rings is 6. The number of nitrogens with zero attached hydrogens (tertiary/aromatic N) is 7. The quantitative estimate of drug-likeness (QED) is 0.0358. The zero-order valence-electron chi connectivity index (χ0n) is 30.9. The average Bonchev–Trinajstić information content (AvgIpc) is 3.19. The molecule has 6 aromatic carbocycles. The van der Waals surface area contributed by atoms with E-state index >= 15 is 0 Å². The number of rotatable bonds is 12. The van der Waals surface area contributed by atoms with Crippen molar-refractivity contribution in [2.45, 2.75) is 0 Å². The van der Waals surface area contributed by atoms with E-state index in [0.717, 1.165) is 22.9 Å². The molecule has 0 unspecified atom stereocenters. The third kappa shape index (κ3) is 12.5. The van der Waals surface area contributed by atoms with Gasteiger partial charge in [-0.25, -0.2) is 0 Å². The minimum absolute atomic E-state index is 0. The van der Waals surface area contributed by atoms with Crippen molar-refractivity contribution in [3.8, 4) is 23.0 Å². The van der Waals surface area contributed by atoms with Gasteiger partial charge in [0.25, 0.3) is 11.4 Å². The number of hydrogen-bond acceptors (Lipinski definition) is 16. The summed E-state index contributed by atoms with van der Waals surface area (Å²) in [6.07, 6.45) is 0. The van der Waals surface area contributed by atoms with E-state index in [0.29, 0.717) is 30.4 Å². The Hall–Kier alpha value is -6.59. The summed E-state index contributed by atoms with van der Waals surface area (Å²) in [6.45, 7) is 1.75. The van der Waals surface area contributed by atoms with Crippen LogP contribution in [0, 0.1) is 20.2 Å². The van der Waals surface area contributed by atoms with Crippen LogP contribution in [0.1, 0.15) is 1.43 Å². The fourth-order valence-electron chi connectivity index (χ4n) is 5.08. The standard InChI is InChI=1S/2C16H11N3O4.C6H15NO3.Cr/c20-14-8-5-10-3-1-2-4-12(10)16(14)18-17-13-7-6-11(19(22)23)9-15(13)21;20-14-8-6-11(19(22)23)9-13(14)17-18-16-12-4-2-1-3-10(12)5-7-15(16)21;8-4-1-7(2-5-9)3-6-10;/h2*1-9,20-21H;8-10H,1-6H2;/p+1. The fraction of sp³-hybridized carbons (Fsp3) is 0.158. The van der Waals surface area contributed by atoms with E-state index in [9.17, 15) is 40.7 Å². The molecule has 19 heteroatoms. The Kier molecular flexibility index (Phi) is 17.4. The van der Waals surface area contributed by atoms with E-state index in [4.69, 9.17) is 15.3 Å². The summed E-state index contributed by atoms with van der Waals surface area (Å²) < 4.78 is 0.